The lowest BCUT2D eigenvalue weighted by molar-refractivity contribution is -0.384. The van der Waals surface area contributed by atoms with Gasteiger partial charge < -0.3 is 4.74 Å². The van der Waals surface area contributed by atoms with Crippen molar-refractivity contribution in [3.05, 3.63) is 75.3 Å². The molecule has 4 rings (SSSR count). The van der Waals surface area contributed by atoms with E-state index in [4.69, 9.17) is 4.74 Å². The highest BCUT2D eigenvalue weighted by Gasteiger charge is 2.17. The van der Waals surface area contributed by atoms with Crippen LogP contribution >= 0.6 is 0 Å². The van der Waals surface area contributed by atoms with Crippen molar-refractivity contribution in [3.63, 3.8) is 0 Å². The second kappa shape index (κ2) is 9.31. The van der Waals surface area contributed by atoms with Crippen molar-refractivity contribution in [2.24, 2.45) is 0 Å². The van der Waals surface area contributed by atoms with Crippen molar-refractivity contribution in [3.8, 4) is 0 Å². The second-order valence-corrected chi connectivity index (χ2v) is 7.14. The van der Waals surface area contributed by atoms with Crippen molar-refractivity contribution in [1.82, 2.24) is 0 Å². The molecule has 2 aromatic carbocycles. The van der Waals surface area contributed by atoms with E-state index >= 15 is 0 Å². The van der Waals surface area contributed by atoms with Crippen LogP contribution in [0.1, 0.15) is 60.0 Å². The lowest BCUT2D eigenvalue weighted by Gasteiger charge is -2.18. The number of benzene rings is 2. The summed E-state index contributed by atoms with van der Waals surface area (Å²) >= 11 is 0. The van der Waals surface area contributed by atoms with E-state index in [0.717, 1.165) is 51.4 Å². The molecule has 0 N–H and O–H groups in total. The van der Waals surface area contributed by atoms with Gasteiger partial charge in [0.25, 0.3) is 5.69 Å². The predicted octanol–water partition coefficient (Wildman–Crippen LogP) is 5.26. The Balaban J connectivity index is 1.59. The van der Waals surface area contributed by atoms with Crippen LogP contribution in [0.3, 0.4) is 0 Å². The van der Waals surface area contributed by atoms with Crippen molar-refractivity contribution in [1.29, 1.82) is 0 Å². The van der Waals surface area contributed by atoms with E-state index in [0.29, 0.717) is 5.56 Å². The second-order valence-electron chi connectivity index (χ2n) is 7.14. The van der Waals surface area contributed by atoms with Crippen LogP contribution in [-0.4, -0.2) is 17.0 Å². The maximum Gasteiger partial charge on any atom is 0.338 e. The molecule has 2 bridgehead atoms. The molecular weight excluding hydrogens is 342 g/mol. The standard InChI is InChI=1S/C22H25NO4/c24-22(19-13-15-20(16-14-19)23(25)26)27-21-7-3-1-5-17-9-11-18(12-10-17)6-2-4-8-21/h9-16,21H,1-8H2. The number of hydrogen-bond donors (Lipinski definition) is 0. The molecule has 5 heteroatoms. The Morgan fingerprint density at radius 2 is 1.37 bits per heavy atom. The van der Waals surface area contributed by atoms with E-state index in [1.54, 1.807) is 0 Å². The van der Waals surface area contributed by atoms with Crippen molar-refractivity contribution < 1.29 is 14.5 Å². The van der Waals surface area contributed by atoms with Gasteiger partial charge in [-0.1, -0.05) is 24.3 Å². The number of aryl methyl sites for hydroxylation is 2. The fourth-order valence-corrected chi connectivity index (χ4v) is 3.48. The van der Waals surface area contributed by atoms with Crippen LogP contribution in [-0.2, 0) is 17.6 Å². The first kappa shape index (κ1) is 19.1. The van der Waals surface area contributed by atoms with Gasteiger partial charge in [-0.2, -0.15) is 0 Å². The first-order chi connectivity index (χ1) is 13.1. The van der Waals surface area contributed by atoms with E-state index in [1.165, 1.54) is 35.4 Å². The van der Waals surface area contributed by atoms with Crippen LogP contribution in [0.4, 0.5) is 5.69 Å². The van der Waals surface area contributed by atoms with Gasteiger partial charge in [0.05, 0.1) is 10.5 Å². The maximum absolute atomic E-state index is 12.4. The van der Waals surface area contributed by atoms with Crippen LogP contribution in [0, 0.1) is 10.1 Å². The molecule has 0 radical (unpaired) electrons. The van der Waals surface area contributed by atoms with E-state index in [1.807, 2.05) is 0 Å². The topological polar surface area (TPSA) is 69.4 Å². The summed E-state index contributed by atoms with van der Waals surface area (Å²) < 4.78 is 5.73. The van der Waals surface area contributed by atoms with Gasteiger partial charge in [-0.3, -0.25) is 10.1 Å². The Kier molecular flexibility index (Phi) is 6.58. The van der Waals surface area contributed by atoms with E-state index < -0.39 is 10.9 Å². The molecule has 0 heterocycles. The van der Waals surface area contributed by atoms with E-state index in [2.05, 4.69) is 24.3 Å². The molecule has 0 spiro atoms. The fraction of sp³-hybridized carbons (Fsp3) is 0.409. The maximum atomic E-state index is 12.4. The van der Waals surface area contributed by atoms with Gasteiger partial charge in [-0.15, -0.1) is 0 Å². The molecule has 2 aliphatic rings. The van der Waals surface area contributed by atoms with Crippen molar-refractivity contribution in [2.75, 3.05) is 0 Å². The molecule has 0 atom stereocenters. The van der Waals surface area contributed by atoms with Gasteiger partial charge in [-0.05, 0) is 74.6 Å². The predicted molar refractivity (Wildman–Crippen MR) is 104 cm³/mol. The number of carbonyl (C=O) groups is 1. The van der Waals surface area contributed by atoms with Crippen molar-refractivity contribution in [2.45, 2.75) is 57.5 Å². The van der Waals surface area contributed by atoms with E-state index in [9.17, 15) is 14.9 Å². The minimum atomic E-state index is -0.475. The molecule has 2 aliphatic carbocycles. The van der Waals surface area contributed by atoms with Crippen LogP contribution in [0.2, 0.25) is 0 Å². The van der Waals surface area contributed by atoms with Crippen molar-refractivity contribution >= 4 is 11.7 Å². The Hall–Kier alpha value is -2.69. The van der Waals surface area contributed by atoms with Gasteiger partial charge in [0.1, 0.15) is 6.10 Å². The Morgan fingerprint density at radius 3 is 1.85 bits per heavy atom. The summed E-state index contributed by atoms with van der Waals surface area (Å²) in [4.78, 5) is 22.7. The summed E-state index contributed by atoms with van der Waals surface area (Å²) in [5, 5.41) is 10.7. The zero-order chi connectivity index (χ0) is 19.1. The molecule has 0 aliphatic heterocycles. The molecule has 0 saturated heterocycles. The number of nitro groups is 1. The zero-order valence-electron chi connectivity index (χ0n) is 15.4. The number of hydrogen-bond acceptors (Lipinski definition) is 4. The third-order valence-corrected chi connectivity index (χ3v) is 5.09. The molecule has 0 saturated carbocycles. The van der Waals surface area contributed by atoms with Crippen LogP contribution < -0.4 is 0 Å². The van der Waals surface area contributed by atoms with Crippen LogP contribution in [0.15, 0.2) is 48.5 Å². The molecule has 0 unspecified atom stereocenters. The highest BCUT2D eigenvalue weighted by molar-refractivity contribution is 5.89. The number of fused-ring (bicyclic) bond motifs is 10. The largest absolute Gasteiger partial charge is 0.459 e. The SMILES string of the molecule is O=C(OC1CCCCc2ccc(cc2)CCCC1)c1ccc([N+](=O)[O-])cc1. The van der Waals surface area contributed by atoms with E-state index in [-0.39, 0.29) is 11.8 Å². The number of non-ortho nitro benzene ring substituents is 1. The Labute approximate surface area is 159 Å². The number of rotatable bonds is 3. The van der Waals surface area contributed by atoms with Crippen LogP contribution in [0.25, 0.3) is 0 Å². The molecule has 0 aromatic heterocycles. The summed E-state index contributed by atoms with van der Waals surface area (Å²) in [6.07, 6.45) is 7.89. The number of carbonyl (C=O) groups excluding carboxylic acids is 1. The number of nitro benzene ring substituents is 1. The summed E-state index contributed by atoms with van der Waals surface area (Å²) in [7, 11) is 0. The normalized spacial score (nSPS) is 16.0. The Morgan fingerprint density at radius 1 is 0.852 bits per heavy atom. The monoisotopic (exact) mass is 367 g/mol. The van der Waals surface area contributed by atoms with Gasteiger partial charge in [-0.25, -0.2) is 4.79 Å². The third-order valence-electron chi connectivity index (χ3n) is 5.09. The summed E-state index contributed by atoms with van der Waals surface area (Å²) in [6.45, 7) is 0. The average molecular weight is 367 g/mol. The molecule has 2 aromatic rings. The number of ether oxygens (including phenoxy) is 1. The first-order valence-electron chi connectivity index (χ1n) is 9.65. The minimum absolute atomic E-state index is 0.0273. The molecule has 5 nitrogen and oxygen atoms in total. The zero-order valence-corrected chi connectivity index (χ0v) is 15.4. The number of nitrogens with zero attached hydrogens (tertiary/aromatic N) is 1. The quantitative estimate of drug-likeness (QED) is 0.421. The smallest absolute Gasteiger partial charge is 0.338 e. The lowest BCUT2D eigenvalue weighted by atomic mass is 10.0. The first-order valence-corrected chi connectivity index (χ1v) is 9.65. The molecule has 142 valence electrons. The number of esters is 1. The summed E-state index contributed by atoms with van der Waals surface area (Å²) in [5.41, 5.74) is 3.05. The highest BCUT2D eigenvalue weighted by Crippen LogP contribution is 2.20. The molecule has 0 fully saturated rings. The Bertz CT molecular complexity index is 737. The molecular formula is C22H25NO4. The molecule has 27 heavy (non-hydrogen) atoms. The third kappa shape index (κ3) is 5.64. The highest BCUT2D eigenvalue weighted by atomic mass is 16.6. The van der Waals surface area contributed by atoms with Gasteiger partial charge in [0.15, 0.2) is 0 Å². The van der Waals surface area contributed by atoms with Gasteiger partial charge in [0.2, 0.25) is 0 Å². The summed E-state index contributed by atoms with van der Waals surface area (Å²) in [5.74, 6) is -0.397. The van der Waals surface area contributed by atoms with Gasteiger partial charge in [0, 0.05) is 12.1 Å². The van der Waals surface area contributed by atoms with Crippen LogP contribution in [0.5, 0.6) is 0 Å². The fourth-order valence-electron chi connectivity index (χ4n) is 3.48. The lowest BCUT2D eigenvalue weighted by Crippen LogP contribution is -2.18. The minimum Gasteiger partial charge on any atom is -0.459 e. The average Bonchev–Trinajstić information content (AvgIpc) is 2.71. The van der Waals surface area contributed by atoms with Gasteiger partial charge >= 0.3 is 5.97 Å². The molecule has 0 amide bonds. The summed E-state index contributed by atoms with van der Waals surface area (Å²) in [6, 6.07) is 14.5.